The van der Waals surface area contributed by atoms with Crippen molar-refractivity contribution in [2.45, 2.75) is 13.3 Å². The van der Waals surface area contributed by atoms with Gasteiger partial charge in [-0.1, -0.05) is 34.1 Å². The fraction of sp³-hybridized carbons (Fsp3) is 0.167. The first-order valence-electron chi connectivity index (χ1n) is 7.50. The number of anilines is 2. The van der Waals surface area contributed by atoms with Crippen LogP contribution in [0.4, 0.5) is 11.4 Å². The maximum absolute atomic E-state index is 11.9. The SMILES string of the molecule is CC(=O)Nc1cccc(NC(=O)COC(=O)Cc2ccc(Br)cc2)c1. The third-order valence-electron chi connectivity index (χ3n) is 3.09. The molecule has 25 heavy (non-hydrogen) atoms. The molecule has 0 saturated carbocycles. The van der Waals surface area contributed by atoms with Crippen LogP contribution in [0.15, 0.2) is 53.0 Å². The van der Waals surface area contributed by atoms with E-state index in [1.807, 2.05) is 12.1 Å². The molecule has 0 radical (unpaired) electrons. The van der Waals surface area contributed by atoms with Gasteiger partial charge >= 0.3 is 5.97 Å². The van der Waals surface area contributed by atoms with E-state index in [4.69, 9.17) is 4.74 Å². The van der Waals surface area contributed by atoms with Crippen molar-refractivity contribution in [2.24, 2.45) is 0 Å². The fourth-order valence-electron chi connectivity index (χ4n) is 2.04. The number of halogens is 1. The van der Waals surface area contributed by atoms with Crippen LogP contribution in [0, 0.1) is 0 Å². The molecule has 0 bridgehead atoms. The molecule has 0 aliphatic carbocycles. The summed E-state index contributed by atoms with van der Waals surface area (Å²) in [7, 11) is 0. The highest BCUT2D eigenvalue weighted by molar-refractivity contribution is 9.10. The number of hydrogen-bond donors (Lipinski definition) is 2. The molecule has 130 valence electrons. The Morgan fingerprint density at radius 3 is 2.28 bits per heavy atom. The van der Waals surface area contributed by atoms with Gasteiger partial charge in [0.25, 0.3) is 5.91 Å². The normalized spacial score (nSPS) is 10.0. The van der Waals surface area contributed by atoms with E-state index >= 15 is 0 Å². The van der Waals surface area contributed by atoms with Crippen LogP contribution in [0.2, 0.25) is 0 Å². The molecule has 2 aromatic carbocycles. The molecule has 0 aliphatic rings. The number of benzene rings is 2. The Kier molecular flexibility index (Phi) is 6.71. The van der Waals surface area contributed by atoms with Gasteiger partial charge in [0.15, 0.2) is 6.61 Å². The molecule has 0 spiro atoms. The molecule has 2 aromatic rings. The standard InChI is InChI=1S/C18H17BrN2O4/c1-12(22)20-15-3-2-4-16(10-15)21-17(23)11-25-18(24)9-13-5-7-14(19)8-6-13/h2-8,10H,9,11H2,1H3,(H,20,22)(H,21,23). The Balaban J connectivity index is 1.81. The third-order valence-corrected chi connectivity index (χ3v) is 3.62. The Morgan fingerprint density at radius 1 is 1.00 bits per heavy atom. The number of carbonyl (C=O) groups excluding carboxylic acids is 3. The van der Waals surface area contributed by atoms with Crippen LogP contribution < -0.4 is 10.6 Å². The molecular formula is C18H17BrN2O4. The van der Waals surface area contributed by atoms with Gasteiger partial charge in [-0.3, -0.25) is 14.4 Å². The molecule has 0 saturated heterocycles. The molecule has 7 heteroatoms. The Morgan fingerprint density at radius 2 is 1.64 bits per heavy atom. The van der Waals surface area contributed by atoms with Crippen LogP contribution >= 0.6 is 15.9 Å². The Bertz CT molecular complexity index is 775. The van der Waals surface area contributed by atoms with Crippen molar-refractivity contribution in [3.05, 3.63) is 58.6 Å². The summed E-state index contributed by atoms with van der Waals surface area (Å²) in [5.41, 5.74) is 1.87. The second kappa shape index (κ2) is 8.98. The summed E-state index contributed by atoms with van der Waals surface area (Å²) in [6, 6.07) is 14.0. The molecule has 0 heterocycles. The summed E-state index contributed by atoms with van der Waals surface area (Å²) >= 11 is 3.32. The predicted molar refractivity (Wildman–Crippen MR) is 98.2 cm³/mol. The van der Waals surface area contributed by atoms with Crippen molar-refractivity contribution in [3.8, 4) is 0 Å². The first-order valence-corrected chi connectivity index (χ1v) is 8.29. The van der Waals surface area contributed by atoms with Gasteiger partial charge in [0.2, 0.25) is 5.91 Å². The summed E-state index contributed by atoms with van der Waals surface area (Å²) < 4.78 is 5.89. The molecule has 0 atom stereocenters. The highest BCUT2D eigenvalue weighted by atomic mass is 79.9. The van der Waals surface area contributed by atoms with E-state index in [1.165, 1.54) is 6.92 Å². The van der Waals surface area contributed by atoms with Crippen molar-refractivity contribution < 1.29 is 19.1 Å². The van der Waals surface area contributed by atoms with E-state index in [0.717, 1.165) is 10.0 Å². The number of hydrogen-bond acceptors (Lipinski definition) is 4. The molecule has 0 unspecified atom stereocenters. The number of carbonyl (C=O) groups is 3. The lowest BCUT2D eigenvalue weighted by molar-refractivity contribution is -0.146. The highest BCUT2D eigenvalue weighted by Gasteiger charge is 2.09. The highest BCUT2D eigenvalue weighted by Crippen LogP contribution is 2.15. The van der Waals surface area contributed by atoms with Crippen molar-refractivity contribution in [2.75, 3.05) is 17.2 Å². The van der Waals surface area contributed by atoms with Gasteiger partial charge in [-0.2, -0.15) is 0 Å². The zero-order chi connectivity index (χ0) is 18.2. The summed E-state index contributed by atoms with van der Waals surface area (Å²) in [6.45, 7) is 1.02. The number of esters is 1. The van der Waals surface area contributed by atoms with Crippen LogP contribution in [0.25, 0.3) is 0 Å². The molecular weight excluding hydrogens is 388 g/mol. The quantitative estimate of drug-likeness (QED) is 0.724. The minimum Gasteiger partial charge on any atom is -0.455 e. The predicted octanol–water partition coefficient (Wildman–Crippen LogP) is 3.13. The van der Waals surface area contributed by atoms with Crippen molar-refractivity contribution in [3.63, 3.8) is 0 Å². The zero-order valence-electron chi connectivity index (χ0n) is 13.5. The van der Waals surface area contributed by atoms with E-state index < -0.39 is 11.9 Å². The number of rotatable bonds is 6. The van der Waals surface area contributed by atoms with Crippen LogP contribution in [-0.2, 0) is 25.5 Å². The van der Waals surface area contributed by atoms with Crippen LogP contribution in [0.1, 0.15) is 12.5 Å². The van der Waals surface area contributed by atoms with Crippen LogP contribution in [0.5, 0.6) is 0 Å². The number of ether oxygens (including phenoxy) is 1. The second-order valence-electron chi connectivity index (χ2n) is 5.27. The topological polar surface area (TPSA) is 84.5 Å². The van der Waals surface area contributed by atoms with Gasteiger partial charge in [0, 0.05) is 22.8 Å². The minimum atomic E-state index is -0.482. The van der Waals surface area contributed by atoms with E-state index in [0.29, 0.717) is 11.4 Å². The first kappa shape index (κ1) is 18.7. The van der Waals surface area contributed by atoms with E-state index in [1.54, 1.807) is 36.4 Å². The van der Waals surface area contributed by atoms with Crippen LogP contribution in [0.3, 0.4) is 0 Å². The second-order valence-corrected chi connectivity index (χ2v) is 6.19. The lowest BCUT2D eigenvalue weighted by atomic mass is 10.2. The molecule has 2 amide bonds. The summed E-state index contributed by atoms with van der Waals surface area (Å²) in [5.74, 6) is -1.14. The largest absolute Gasteiger partial charge is 0.455 e. The monoisotopic (exact) mass is 404 g/mol. The maximum atomic E-state index is 11.9. The van der Waals surface area contributed by atoms with Gasteiger partial charge in [-0.05, 0) is 35.9 Å². The third kappa shape index (κ3) is 6.76. The fourth-order valence-corrected chi connectivity index (χ4v) is 2.31. The maximum Gasteiger partial charge on any atom is 0.310 e. The molecule has 0 aromatic heterocycles. The van der Waals surface area contributed by atoms with E-state index in [9.17, 15) is 14.4 Å². The first-order chi connectivity index (χ1) is 11.9. The Hall–Kier alpha value is -2.67. The number of amides is 2. The summed E-state index contributed by atoms with van der Waals surface area (Å²) in [6.07, 6.45) is 0.0958. The summed E-state index contributed by atoms with van der Waals surface area (Å²) in [4.78, 5) is 34.7. The lowest BCUT2D eigenvalue weighted by Crippen LogP contribution is -2.21. The molecule has 2 N–H and O–H groups in total. The smallest absolute Gasteiger partial charge is 0.310 e. The summed E-state index contributed by atoms with van der Waals surface area (Å²) in [5, 5.41) is 5.23. The van der Waals surface area contributed by atoms with Crippen molar-refractivity contribution in [1.29, 1.82) is 0 Å². The van der Waals surface area contributed by atoms with Crippen LogP contribution in [-0.4, -0.2) is 24.4 Å². The van der Waals surface area contributed by atoms with Gasteiger partial charge in [-0.25, -0.2) is 0 Å². The lowest BCUT2D eigenvalue weighted by Gasteiger charge is -2.08. The minimum absolute atomic E-state index is 0.0958. The van der Waals surface area contributed by atoms with Gasteiger partial charge < -0.3 is 15.4 Å². The van der Waals surface area contributed by atoms with Gasteiger partial charge in [-0.15, -0.1) is 0 Å². The zero-order valence-corrected chi connectivity index (χ0v) is 15.1. The molecule has 0 fully saturated rings. The molecule has 0 aliphatic heterocycles. The Labute approximate surface area is 153 Å². The van der Waals surface area contributed by atoms with E-state index in [2.05, 4.69) is 26.6 Å². The van der Waals surface area contributed by atoms with Crippen molar-refractivity contribution in [1.82, 2.24) is 0 Å². The van der Waals surface area contributed by atoms with Crippen molar-refractivity contribution >= 4 is 45.1 Å². The molecule has 6 nitrogen and oxygen atoms in total. The van der Waals surface area contributed by atoms with Gasteiger partial charge in [0.05, 0.1) is 6.42 Å². The average Bonchev–Trinajstić information content (AvgIpc) is 2.55. The molecule has 2 rings (SSSR count). The average molecular weight is 405 g/mol. The number of nitrogens with one attached hydrogen (secondary N) is 2. The van der Waals surface area contributed by atoms with Gasteiger partial charge in [0.1, 0.15) is 0 Å². The van der Waals surface area contributed by atoms with E-state index in [-0.39, 0.29) is 18.9 Å².